The standard InChI is InChI=1S/C6H7O3PS.Li.H/c7-11(8,9)6-3-1-5(10)2-4-6;;/h1-4H,10H2,(H,7,8,9);;. The normalized spacial score (nSPS) is 10.5. The predicted molar refractivity (Wildman–Crippen MR) is 52.7 cm³/mol. The second kappa shape index (κ2) is 4.41. The summed E-state index contributed by atoms with van der Waals surface area (Å²) in [6, 6.07) is 5.87. The van der Waals surface area contributed by atoms with Crippen LogP contribution in [0, 0.1) is 0 Å². The molecule has 1 rings (SSSR count). The number of hydrogen-bond acceptors (Lipinski definition) is 2. The Hall–Kier alpha value is 0.157. The fraction of sp³-hybridized carbons (Fsp3) is 0. The Balaban J connectivity index is 0.00000121. The summed E-state index contributed by atoms with van der Waals surface area (Å²) in [6.45, 7) is 0. The monoisotopic (exact) mass is 198 g/mol. The fourth-order valence-electron chi connectivity index (χ4n) is 0.640. The first-order chi connectivity index (χ1) is 5.00. The van der Waals surface area contributed by atoms with Gasteiger partial charge in [-0.1, -0.05) is 12.1 Å². The third kappa shape index (κ3) is 3.26. The molecule has 1 aromatic rings. The molecule has 0 fully saturated rings. The quantitative estimate of drug-likeness (QED) is 0.385. The molecule has 62 valence electrons. The van der Waals surface area contributed by atoms with Gasteiger partial charge in [-0.15, -0.1) is 9.24 Å². The molecular formula is C6H8LiO3PS. The van der Waals surface area contributed by atoms with Gasteiger partial charge < -0.3 is 0 Å². The molecule has 0 saturated heterocycles. The van der Waals surface area contributed by atoms with Crippen molar-refractivity contribution in [3.8, 4) is 0 Å². The third-order valence-corrected chi connectivity index (χ3v) is 2.43. The van der Waals surface area contributed by atoms with Crippen LogP contribution in [0.1, 0.15) is 0 Å². The zero-order valence-electron chi connectivity index (χ0n) is 5.56. The second-order valence-electron chi connectivity index (χ2n) is 2.04. The van der Waals surface area contributed by atoms with Gasteiger partial charge in [0.15, 0.2) is 0 Å². The SMILES string of the molecule is O=S(=O)(O)c1ccc(P)cc1.[LiH]. The van der Waals surface area contributed by atoms with Crippen LogP contribution in [0.25, 0.3) is 0 Å². The molecule has 3 nitrogen and oxygen atoms in total. The average Bonchev–Trinajstić information content (AvgIpc) is 1.86. The van der Waals surface area contributed by atoms with Crippen LogP contribution in [0.5, 0.6) is 0 Å². The van der Waals surface area contributed by atoms with E-state index in [1.807, 2.05) is 0 Å². The van der Waals surface area contributed by atoms with Crippen LogP contribution < -0.4 is 5.30 Å². The van der Waals surface area contributed by atoms with E-state index in [0.717, 1.165) is 5.30 Å². The van der Waals surface area contributed by atoms with Crippen molar-refractivity contribution >= 4 is 43.5 Å². The van der Waals surface area contributed by atoms with E-state index in [9.17, 15) is 8.42 Å². The van der Waals surface area contributed by atoms with Gasteiger partial charge in [0.05, 0.1) is 4.90 Å². The van der Waals surface area contributed by atoms with Gasteiger partial charge in [0, 0.05) is 0 Å². The molecule has 1 atom stereocenters. The molecule has 0 bridgehead atoms. The van der Waals surface area contributed by atoms with Gasteiger partial charge in [0.1, 0.15) is 0 Å². The van der Waals surface area contributed by atoms with Gasteiger partial charge >= 0.3 is 18.9 Å². The van der Waals surface area contributed by atoms with E-state index in [1.54, 1.807) is 12.1 Å². The number of hydrogen-bond donors (Lipinski definition) is 1. The zero-order chi connectivity index (χ0) is 8.48. The van der Waals surface area contributed by atoms with Crippen molar-refractivity contribution in [2.24, 2.45) is 0 Å². The Labute approximate surface area is 85.7 Å². The summed E-state index contributed by atoms with van der Waals surface area (Å²) in [5.74, 6) is 0. The van der Waals surface area contributed by atoms with Crippen LogP contribution in [-0.4, -0.2) is 31.8 Å². The topological polar surface area (TPSA) is 54.4 Å². The Morgan fingerprint density at radius 1 is 1.17 bits per heavy atom. The summed E-state index contributed by atoms with van der Waals surface area (Å²) in [5, 5.41) is 0.873. The van der Waals surface area contributed by atoms with Gasteiger partial charge in [0.2, 0.25) is 0 Å². The van der Waals surface area contributed by atoms with Crippen LogP contribution in [0.2, 0.25) is 0 Å². The van der Waals surface area contributed by atoms with Crippen molar-refractivity contribution in [2.45, 2.75) is 4.90 Å². The van der Waals surface area contributed by atoms with Crippen LogP contribution >= 0.6 is 9.24 Å². The number of benzene rings is 1. The first-order valence-electron chi connectivity index (χ1n) is 2.83. The van der Waals surface area contributed by atoms with Gasteiger partial charge in [-0.3, -0.25) is 4.55 Å². The Morgan fingerprint density at radius 3 is 1.92 bits per heavy atom. The molecule has 1 aromatic carbocycles. The summed E-state index contributed by atoms with van der Waals surface area (Å²) >= 11 is 0. The first kappa shape index (κ1) is 12.2. The summed E-state index contributed by atoms with van der Waals surface area (Å²) in [7, 11) is -1.61. The Bertz CT molecular complexity index is 346. The van der Waals surface area contributed by atoms with Crippen molar-refractivity contribution in [2.75, 3.05) is 0 Å². The summed E-state index contributed by atoms with van der Waals surface area (Å²) in [4.78, 5) is -0.0799. The van der Waals surface area contributed by atoms with Gasteiger partial charge in [-0.25, -0.2) is 0 Å². The van der Waals surface area contributed by atoms with Crippen molar-refractivity contribution in [1.82, 2.24) is 0 Å². The van der Waals surface area contributed by atoms with E-state index < -0.39 is 10.1 Å². The molecule has 0 spiro atoms. The van der Waals surface area contributed by atoms with Crippen molar-refractivity contribution in [3.05, 3.63) is 24.3 Å². The molecule has 0 heterocycles. The average molecular weight is 198 g/mol. The van der Waals surface area contributed by atoms with Gasteiger partial charge in [-0.05, 0) is 17.4 Å². The van der Waals surface area contributed by atoms with Crippen molar-refractivity contribution < 1.29 is 13.0 Å². The molecule has 12 heavy (non-hydrogen) atoms. The van der Waals surface area contributed by atoms with Crippen LogP contribution in [0.3, 0.4) is 0 Å². The second-order valence-corrected chi connectivity index (χ2v) is 4.13. The molecule has 6 heteroatoms. The van der Waals surface area contributed by atoms with E-state index in [2.05, 4.69) is 9.24 Å². The predicted octanol–water partition coefficient (Wildman–Crippen LogP) is -0.215. The minimum atomic E-state index is -4.03. The minimum absolute atomic E-state index is 0. The van der Waals surface area contributed by atoms with E-state index in [-0.39, 0.29) is 23.8 Å². The van der Waals surface area contributed by atoms with Gasteiger partial charge in [-0.2, -0.15) is 8.42 Å². The molecule has 1 unspecified atom stereocenters. The van der Waals surface area contributed by atoms with Crippen molar-refractivity contribution in [1.29, 1.82) is 0 Å². The van der Waals surface area contributed by atoms with E-state index in [1.165, 1.54) is 12.1 Å². The van der Waals surface area contributed by atoms with E-state index in [0.29, 0.717) is 0 Å². The van der Waals surface area contributed by atoms with Crippen LogP contribution in [0.15, 0.2) is 29.2 Å². The molecule has 0 aliphatic rings. The molecule has 0 radical (unpaired) electrons. The Kier molecular flexibility index (Phi) is 4.47. The third-order valence-electron chi connectivity index (χ3n) is 1.18. The van der Waals surface area contributed by atoms with E-state index >= 15 is 0 Å². The number of rotatable bonds is 1. The molecule has 0 saturated carbocycles. The van der Waals surface area contributed by atoms with E-state index in [4.69, 9.17) is 4.55 Å². The van der Waals surface area contributed by atoms with Gasteiger partial charge in [0.25, 0.3) is 10.1 Å². The fourth-order valence-corrected chi connectivity index (χ4v) is 1.31. The van der Waals surface area contributed by atoms with Crippen LogP contribution in [-0.2, 0) is 10.1 Å². The first-order valence-corrected chi connectivity index (χ1v) is 4.85. The maximum absolute atomic E-state index is 10.5. The van der Waals surface area contributed by atoms with Crippen molar-refractivity contribution in [3.63, 3.8) is 0 Å². The molecule has 0 aromatic heterocycles. The summed E-state index contributed by atoms with van der Waals surface area (Å²) < 4.78 is 29.5. The summed E-state index contributed by atoms with van der Waals surface area (Å²) in [6.07, 6.45) is 0. The molecular weight excluding hydrogens is 190 g/mol. The maximum atomic E-state index is 10.5. The molecule has 1 N–H and O–H groups in total. The Morgan fingerprint density at radius 2 is 1.58 bits per heavy atom. The summed E-state index contributed by atoms with van der Waals surface area (Å²) in [5.41, 5.74) is 0. The molecule has 0 aliphatic heterocycles. The zero-order valence-corrected chi connectivity index (χ0v) is 7.53. The molecule has 0 aliphatic carbocycles. The van der Waals surface area contributed by atoms with Crippen LogP contribution in [0.4, 0.5) is 0 Å². The molecule has 0 amide bonds.